The van der Waals surface area contributed by atoms with E-state index in [1.807, 2.05) is 6.26 Å². The molecule has 56 valence electrons. The van der Waals surface area contributed by atoms with Crippen molar-refractivity contribution in [3.8, 4) is 6.57 Å². The first-order chi connectivity index (χ1) is 4.56. The summed E-state index contributed by atoms with van der Waals surface area (Å²) in [5.74, 6) is -0.580. The molecule has 0 aliphatic rings. The highest BCUT2D eigenvalue weighted by Crippen LogP contribution is 2.15. The Morgan fingerprint density at radius 2 is 2.40 bits per heavy atom. The van der Waals surface area contributed by atoms with E-state index in [2.05, 4.69) is 4.85 Å². The molecule has 0 aromatic heterocycles. The lowest BCUT2D eigenvalue weighted by Crippen LogP contribution is -2.33. The van der Waals surface area contributed by atoms with Crippen molar-refractivity contribution in [2.24, 2.45) is 0 Å². The Kier molecular flexibility index (Phi) is 3.23. The van der Waals surface area contributed by atoms with E-state index in [1.165, 1.54) is 18.7 Å². The molecule has 1 N–H and O–H groups in total. The Morgan fingerprint density at radius 1 is 1.90 bits per heavy atom. The van der Waals surface area contributed by atoms with E-state index >= 15 is 0 Å². The minimum Gasteiger partial charge on any atom is -0.475 e. The molecule has 0 aromatic rings. The zero-order valence-corrected chi connectivity index (χ0v) is 6.81. The fraction of sp³-hybridized carbons (Fsp3) is 0.667. The third-order valence-corrected chi connectivity index (χ3v) is 2.02. The molecule has 0 spiro atoms. The van der Waals surface area contributed by atoms with E-state index in [0.717, 1.165) is 0 Å². The molecule has 0 bridgehead atoms. The Morgan fingerprint density at radius 3 is 2.50 bits per heavy atom. The van der Waals surface area contributed by atoms with Gasteiger partial charge in [0.05, 0.1) is 5.75 Å². The van der Waals surface area contributed by atoms with Crippen LogP contribution in [0.3, 0.4) is 0 Å². The lowest BCUT2D eigenvalue weighted by atomic mass is 10.1. The van der Waals surface area contributed by atoms with Gasteiger partial charge >= 0.3 is 11.5 Å². The fourth-order valence-electron chi connectivity index (χ4n) is 0.435. The number of rotatable bonds is 3. The lowest BCUT2D eigenvalue weighted by Gasteiger charge is -2.03. The summed E-state index contributed by atoms with van der Waals surface area (Å²) in [7, 11) is 0. The minimum atomic E-state index is -1.13. The first kappa shape index (κ1) is 9.31. The van der Waals surface area contributed by atoms with Gasteiger partial charge in [-0.25, -0.2) is 4.79 Å². The number of thioether (sulfide) groups is 1. The molecule has 0 heterocycles. The molecule has 0 aromatic carbocycles. The Hall–Kier alpha value is -0.690. The maximum atomic E-state index is 10.5. The summed E-state index contributed by atoms with van der Waals surface area (Å²) >= 11 is 1.41. The molecule has 10 heavy (non-hydrogen) atoms. The molecule has 0 saturated carbocycles. The molecule has 0 rings (SSSR count). The number of hydrogen-bond donors (Lipinski definition) is 1. The van der Waals surface area contributed by atoms with Crippen LogP contribution in [0.1, 0.15) is 6.92 Å². The van der Waals surface area contributed by atoms with Gasteiger partial charge in [0.15, 0.2) is 0 Å². The number of carbonyl (C=O) groups is 1. The first-order valence-corrected chi connectivity index (χ1v) is 4.10. The average molecular weight is 160 g/mol. The van der Waals surface area contributed by atoms with Gasteiger partial charge < -0.3 is 5.11 Å². The van der Waals surface area contributed by atoms with Gasteiger partial charge in [0.1, 0.15) is 0 Å². The highest BCUT2D eigenvalue weighted by molar-refractivity contribution is 7.98. The number of hydrogen-bond acceptors (Lipinski definition) is 2. The van der Waals surface area contributed by atoms with Gasteiger partial charge in [-0.15, -0.1) is 0 Å². The second kappa shape index (κ2) is 3.47. The van der Waals surface area contributed by atoms with Crippen LogP contribution in [-0.4, -0.2) is 28.6 Å². The predicted octanol–water partition coefficient (Wildman–Crippen LogP) is 1.16. The summed E-state index contributed by atoms with van der Waals surface area (Å²) < 4.78 is 0. The topological polar surface area (TPSA) is 41.7 Å². The maximum Gasteiger partial charge on any atom is 0.396 e. The molecule has 0 aliphatic carbocycles. The second-order valence-electron chi connectivity index (χ2n) is 2.14. The van der Waals surface area contributed by atoms with Crippen LogP contribution in [-0.2, 0) is 4.79 Å². The van der Waals surface area contributed by atoms with Crippen LogP contribution >= 0.6 is 11.8 Å². The molecule has 1 atom stereocenters. The average Bonchev–Trinajstić information content (AvgIpc) is 1.88. The summed E-state index contributed by atoms with van der Waals surface area (Å²) in [6.07, 6.45) is 1.81. The molecule has 4 heteroatoms. The Labute approximate surface area is 64.2 Å². The molecular weight excluding hydrogens is 150 g/mol. The zero-order chi connectivity index (χ0) is 8.20. The van der Waals surface area contributed by atoms with Crippen molar-refractivity contribution in [1.82, 2.24) is 0 Å². The van der Waals surface area contributed by atoms with Gasteiger partial charge in [-0.05, 0) is 6.26 Å². The van der Waals surface area contributed by atoms with Crippen molar-refractivity contribution in [2.45, 2.75) is 12.5 Å². The standard InChI is InChI=1S/C6H9NO2S/c1-6(7-2,4-10-3)5(8)9/h2H,4H2,1,3H3/p+1. The molecule has 1 unspecified atom stereocenters. The van der Waals surface area contributed by atoms with Crippen LogP contribution in [0.15, 0.2) is 0 Å². The summed E-state index contributed by atoms with van der Waals surface area (Å²) in [6.45, 7) is 6.42. The summed E-state index contributed by atoms with van der Waals surface area (Å²) in [5, 5.41) is 8.58. The monoisotopic (exact) mass is 160 g/mol. The molecule has 0 radical (unpaired) electrons. The van der Waals surface area contributed by atoms with Gasteiger partial charge in [0.2, 0.25) is 0 Å². The second-order valence-corrected chi connectivity index (χ2v) is 3.01. The summed E-state index contributed by atoms with van der Waals surface area (Å²) in [4.78, 5) is 13.7. The van der Waals surface area contributed by atoms with Crippen LogP contribution in [0.4, 0.5) is 0 Å². The van der Waals surface area contributed by atoms with Crippen molar-refractivity contribution in [3.63, 3.8) is 0 Å². The van der Waals surface area contributed by atoms with Crippen LogP contribution in [0.2, 0.25) is 0 Å². The fourth-order valence-corrected chi connectivity index (χ4v) is 1.20. The highest BCUT2D eigenvalue weighted by atomic mass is 32.2. The maximum absolute atomic E-state index is 10.5. The van der Waals surface area contributed by atoms with Crippen molar-refractivity contribution in [2.75, 3.05) is 12.0 Å². The Balaban J connectivity index is 4.27. The van der Waals surface area contributed by atoms with E-state index < -0.39 is 11.5 Å². The number of carboxylic acids is 1. The van der Waals surface area contributed by atoms with Crippen LogP contribution < -0.4 is 0 Å². The minimum absolute atomic E-state index is 0.402. The SMILES string of the molecule is C#[N+]C(C)(CSC)C(=O)O. The third-order valence-electron chi connectivity index (χ3n) is 1.17. The largest absolute Gasteiger partial charge is 0.475 e. The first-order valence-electron chi connectivity index (χ1n) is 2.71. The zero-order valence-electron chi connectivity index (χ0n) is 6.00. The third kappa shape index (κ3) is 1.92. The van der Waals surface area contributed by atoms with Gasteiger partial charge in [-0.1, -0.05) is 4.85 Å². The van der Waals surface area contributed by atoms with Crippen LogP contribution in [0.5, 0.6) is 0 Å². The van der Waals surface area contributed by atoms with E-state index in [1.54, 1.807) is 0 Å². The molecule has 0 saturated heterocycles. The summed E-state index contributed by atoms with van der Waals surface area (Å²) in [5.41, 5.74) is -1.13. The normalized spacial score (nSPS) is 15.3. The van der Waals surface area contributed by atoms with Gasteiger partial charge in [0.25, 0.3) is 6.57 Å². The van der Waals surface area contributed by atoms with E-state index in [9.17, 15) is 4.79 Å². The molecule has 0 amide bonds. The van der Waals surface area contributed by atoms with Gasteiger partial charge in [-0.3, -0.25) is 0 Å². The Bertz CT molecular complexity index is 175. The highest BCUT2D eigenvalue weighted by Gasteiger charge is 2.43. The number of aliphatic carboxylic acids is 1. The van der Waals surface area contributed by atoms with Crippen molar-refractivity contribution in [3.05, 3.63) is 4.85 Å². The smallest absolute Gasteiger partial charge is 0.396 e. The molecule has 3 nitrogen and oxygen atoms in total. The van der Waals surface area contributed by atoms with E-state index in [-0.39, 0.29) is 0 Å². The molecule has 0 aliphatic heterocycles. The predicted molar refractivity (Wildman–Crippen MR) is 42.7 cm³/mol. The van der Waals surface area contributed by atoms with Crippen molar-refractivity contribution < 1.29 is 9.90 Å². The lowest BCUT2D eigenvalue weighted by molar-refractivity contribution is -0.140. The van der Waals surface area contributed by atoms with Gasteiger partial charge in [-0.2, -0.15) is 11.8 Å². The van der Waals surface area contributed by atoms with Crippen LogP contribution in [0.25, 0.3) is 4.85 Å². The van der Waals surface area contributed by atoms with Crippen molar-refractivity contribution in [1.29, 1.82) is 0 Å². The number of carboxylic acid groups (broad SMARTS) is 1. The molecule has 0 fully saturated rings. The number of nitrogens with zero attached hydrogens (tertiary/aromatic N) is 1. The van der Waals surface area contributed by atoms with Crippen molar-refractivity contribution >= 4 is 17.7 Å². The van der Waals surface area contributed by atoms with E-state index in [4.69, 9.17) is 11.7 Å². The quantitative estimate of drug-likeness (QED) is 0.673. The molecular formula is C6H10NO2S+. The summed E-state index contributed by atoms with van der Waals surface area (Å²) in [6, 6.07) is 0. The van der Waals surface area contributed by atoms with E-state index in [0.29, 0.717) is 5.75 Å². The van der Waals surface area contributed by atoms with Crippen LogP contribution in [0, 0.1) is 6.57 Å². The van der Waals surface area contributed by atoms with Gasteiger partial charge in [0, 0.05) is 6.92 Å².